The van der Waals surface area contributed by atoms with Gasteiger partial charge in [0.2, 0.25) is 0 Å². The van der Waals surface area contributed by atoms with Gasteiger partial charge in [-0.1, -0.05) is 29.8 Å². The predicted molar refractivity (Wildman–Crippen MR) is 101 cm³/mol. The highest BCUT2D eigenvalue weighted by atomic mass is 35.5. The Bertz CT molecular complexity index is 1130. The molecule has 3 aromatic heterocycles. The molecular formula is C18H11ClN4OS. The number of para-hydroxylation sites is 1. The van der Waals surface area contributed by atoms with Crippen LogP contribution in [-0.2, 0) is 0 Å². The van der Waals surface area contributed by atoms with Crippen LogP contribution in [0.3, 0.4) is 0 Å². The number of halogens is 1. The molecule has 0 aliphatic heterocycles. The first kappa shape index (κ1) is 15.7. The molecule has 122 valence electrons. The third-order valence-corrected chi connectivity index (χ3v) is 4.69. The predicted octanol–water partition coefficient (Wildman–Crippen LogP) is 4.18. The molecule has 7 heteroatoms. The average Bonchev–Trinajstić information content (AvgIpc) is 3.11. The smallest absolute Gasteiger partial charge is 0.259 e. The summed E-state index contributed by atoms with van der Waals surface area (Å²) in [7, 11) is 0. The minimum Gasteiger partial charge on any atom is -0.305 e. The monoisotopic (exact) mass is 366 g/mol. The highest BCUT2D eigenvalue weighted by molar-refractivity contribution is 7.13. The van der Waals surface area contributed by atoms with E-state index in [2.05, 4.69) is 19.9 Å². The van der Waals surface area contributed by atoms with Gasteiger partial charge in [0.15, 0.2) is 5.82 Å². The SMILES string of the molecule is O=c1[nH]c(C(Cl)=Cc2csc(-c3ccccn3)n2)nc2ccccc12. The van der Waals surface area contributed by atoms with Crippen LogP contribution in [-0.4, -0.2) is 19.9 Å². The molecule has 0 saturated heterocycles. The largest absolute Gasteiger partial charge is 0.305 e. The maximum atomic E-state index is 12.1. The molecule has 25 heavy (non-hydrogen) atoms. The topological polar surface area (TPSA) is 71.5 Å². The van der Waals surface area contributed by atoms with E-state index in [1.165, 1.54) is 11.3 Å². The molecular weight excluding hydrogens is 356 g/mol. The molecule has 0 aliphatic rings. The normalized spacial score (nSPS) is 11.8. The quantitative estimate of drug-likeness (QED) is 0.590. The summed E-state index contributed by atoms with van der Waals surface area (Å²) in [4.78, 5) is 28.0. The number of aromatic nitrogens is 4. The van der Waals surface area contributed by atoms with Gasteiger partial charge >= 0.3 is 0 Å². The molecule has 0 atom stereocenters. The molecule has 0 bridgehead atoms. The Morgan fingerprint density at radius 3 is 2.80 bits per heavy atom. The lowest BCUT2D eigenvalue weighted by Crippen LogP contribution is -2.10. The summed E-state index contributed by atoms with van der Waals surface area (Å²) in [5.41, 5.74) is 1.87. The molecule has 4 rings (SSSR count). The lowest BCUT2D eigenvalue weighted by molar-refractivity contribution is 1.13. The fourth-order valence-corrected chi connectivity index (χ4v) is 3.31. The number of hydrogen-bond acceptors (Lipinski definition) is 5. The lowest BCUT2D eigenvalue weighted by atomic mass is 10.2. The van der Waals surface area contributed by atoms with Crippen molar-refractivity contribution in [2.75, 3.05) is 0 Å². The number of hydrogen-bond donors (Lipinski definition) is 1. The number of fused-ring (bicyclic) bond motifs is 1. The molecule has 0 radical (unpaired) electrons. The maximum absolute atomic E-state index is 12.1. The average molecular weight is 367 g/mol. The van der Waals surface area contributed by atoms with E-state index in [1.807, 2.05) is 29.6 Å². The van der Waals surface area contributed by atoms with Crippen LogP contribution in [0.2, 0.25) is 0 Å². The minimum atomic E-state index is -0.223. The molecule has 0 fully saturated rings. The van der Waals surface area contributed by atoms with Gasteiger partial charge in [0.05, 0.1) is 27.3 Å². The molecule has 0 amide bonds. The van der Waals surface area contributed by atoms with E-state index in [9.17, 15) is 4.79 Å². The van der Waals surface area contributed by atoms with E-state index in [1.54, 1.807) is 30.5 Å². The van der Waals surface area contributed by atoms with E-state index in [0.717, 1.165) is 10.7 Å². The van der Waals surface area contributed by atoms with E-state index in [4.69, 9.17) is 11.6 Å². The zero-order valence-electron chi connectivity index (χ0n) is 12.8. The van der Waals surface area contributed by atoms with Crippen LogP contribution in [0, 0.1) is 0 Å². The third-order valence-electron chi connectivity index (χ3n) is 3.52. The second-order valence-corrected chi connectivity index (χ2v) is 6.48. The Balaban J connectivity index is 1.70. The highest BCUT2D eigenvalue weighted by Crippen LogP contribution is 2.25. The Morgan fingerprint density at radius 1 is 1.12 bits per heavy atom. The summed E-state index contributed by atoms with van der Waals surface area (Å²) in [6, 6.07) is 12.8. The van der Waals surface area contributed by atoms with E-state index >= 15 is 0 Å². The van der Waals surface area contributed by atoms with Crippen LogP contribution in [0.25, 0.3) is 32.7 Å². The third kappa shape index (κ3) is 3.22. The zero-order chi connectivity index (χ0) is 17.2. The van der Waals surface area contributed by atoms with Gasteiger partial charge in [-0.25, -0.2) is 9.97 Å². The number of nitrogens with one attached hydrogen (secondary N) is 1. The highest BCUT2D eigenvalue weighted by Gasteiger charge is 2.09. The van der Waals surface area contributed by atoms with Crippen molar-refractivity contribution >= 4 is 44.9 Å². The Kier molecular flexibility index (Phi) is 4.13. The van der Waals surface area contributed by atoms with Crippen molar-refractivity contribution in [1.29, 1.82) is 0 Å². The van der Waals surface area contributed by atoms with Crippen molar-refractivity contribution in [3.63, 3.8) is 0 Å². The van der Waals surface area contributed by atoms with Gasteiger partial charge in [0, 0.05) is 11.6 Å². The molecule has 0 unspecified atom stereocenters. The Hall–Kier alpha value is -2.83. The van der Waals surface area contributed by atoms with Crippen LogP contribution >= 0.6 is 22.9 Å². The van der Waals surface area contributed by atoms with Crippen molar-refractivity contribution in [2.24, 2.45) is 0 Å². The van der Waals surface area contributed by atoms with E-state index in [0.29, 0.717) is 27.5 Å². The van der Waals surface area contributed by atoms with Crippen LogP contribution in [0.1, 0.15) is 11.5 Å². The fraction of sp³-hybridized carbons (Fsp3) is 0. The first-order valence-corrected chi connectivity index (χ1v) is 8.70. The number of H-pyrrole nitrogens is 1. The zero-order valence-corrected chi connectivity index (χ0v) is 14.4. The van der Waals surface area contributed by atoms with Crippen LogP contribution in [0.15, 0.2) is 58.8 Å². The summed E-state index contributed by atoms with van der Waals surface area (Å²) in [6.45, 7) is 0. The van der Waals surface area contributed by atoms with Crippen molar-refractivity contribution in [3.8, 4) is 10.7 Å². The van der Waals surface area contributed by atoms with Crippen LogP contribution < -0.4 is 5.56 Å². The molecule has 4 aromatic rings. The number of aromatic amines is 1. The molecule has 1 N–H and O–H groups in total. The second-order valence-electron chi connectivity index (χ2n) is 5.22. The van der Waals surface area contributed by atoms with Crippen molar-refractivity contribution < 1.29 is 0 Å². The maximum Gasteiger partial charge on any atom is 0.259 e. The van der Waals surface area contributed by atoms with E-state index in [-0.39, 0.29) is 5.56 Å². The number of rotatable bonds is 3. The lowest BCUT2D eigenvalue weighted by Gasteiger charge is -2.01. The number of thiazole rings is 1. The van der Waals surface area contributed by atoms with Gasteiger partial charge < -0.3 is 4.98 Å². The second kappa shape index (κ2) is 6.58. The van der Waals surface area contributed by atoms with Gasteiger partial charge in [-0.3, -0.25) is 9.78 Å². The molecule has 0 aliphatic carbocycles. The van der Waals surface area contributed by atoms with Gasteiger partial charge in [0.25, 0.3) is 5.56 Å². The molecule has 5 nitrogen and oxygen atoms in total. The van der Waals surface area contributed by atoms with Crippen LogP contribution in [0.4, 0.5) is 0 Å². The van der Waals surface area contributed by atoms with Gasteiger partial charge in [-0.2, -0.15) is 0 Å². The number of benzene rings is 1. The molecule has 0 saturated carbocycles. The van der Waals surface area contributed by atoms with E-state index < -0.39 is 0 Å². The van der Waals surface area contributed by atoms with Gasteiger partial charge in [-0.15, -0.1) is 11.3 Å². The standard InChI is InChI=1S/C18H11ClN4OS/c19-13(16-22-14-6-2-1-5-12(14)17(24)23-16)9-11-10-25-18(21-11)15-7-3-4-8-20-15/h1-10H,(H,22,23,24). The van der Waals surface area contributed by atoms with Crippen LogP contribution in [0.5, 0.6) is 0 Å². The first-order chi connectivity index (χ1) is 12.2. The summed E-state index contributed by atoms with van der Waals surface area (Å²) in [5, 5.41) is 3.53. The molecule has 1 aromatic carbocycles. The number of nitrogens with zero attached hydrogens (tertiary/aromatic N) is 3. The van der Waals surface area contributed by atoms with Crippen molar-refractivity contribution in [1.82, 2.24) is 19.9 Å². The first-order valence-electron chi connectivity index (χ1n) is 7.44. The Labute approximate surface area is 151 Å². The summed E-state index contributed by atoms with van der Waals surface area (Å²) in [6.07, 6.45) is 3.40. The minimum absolute atomic E-state index is 0.223. The molecule has 0 spiro atoms. The fourth-order valence-electron chi connectivity index (χ4n) is 2.36. The number of pyridine rings is 1. The van der Waals surface area contributed by atoms with Gasteiger partial charge in [-0.05, 0) is 30.3 Å². The summed E-state index contributed by atoms with van der Waals surface area (Å²) in [5.74, 6) is 0.317. The van der Waals surface area contributed by atoms with Crippen molar-refractivity contribution in [2.45, 2.75) is 0 Å². The summed E-state index contributed by atoms with van der Waals surface area (Å²) >= 11 is 7.82. The summed E-state index contributed by atoms with van der Waals surface area (Å²) < 4.78 is 0. The van der Waals surface area contributed by atoms with Gasteiger partial charge in [0.1, 0.15) is 5.01 Å². The molecule has 3 heterocycles. The van der Waals surface area contributed by atoms with Crippen molar-refractivity contribution in [3.05, 3.63) is 75.9 Å². The Morgan fingerprint density at radius 2 is 1.96 bits per heavy atom.